The lowest BCUT2D eigenvalue weighted by atomic mass is 10.0. The van der Waals surface area contributed by atoms with E-state index >= 15 is 0 Å². The fourth-order valence-electron chi connectivity index (χ4n) is 1.85. The van der Waals surface area contributed by atoms with E-state index in [-0.39, 0.29) is 0 Å². The standard InChI is InChI=1S/C12H22N2O/c1-6-9(4)11-12(15)10(7-8(2)3)13-14(11)5/h8-9,15H,6-7H2,1-5H3. The summed E-state index contributed by atoms with van der Waals surface area (Å²) in [6.07, 6.45) is 1.87. The van der Waals surface area contributed by atoms with Crippen molar-refractivity contribution in [1.29, 1.82) is 0 Å². The van der Waals surface area contributed by atoms with Gasteiger partial charge in [0.15, 0.2) is 5.75 Å². The van der Waals surface area contributed by atoms with Gasteiger partial charge in [-0.05, 0) is 18.8 Å². The molecule has 1 rings (SSSR count). The SMILES string of the molecule is CCC(C)c1c(O)c(CC(C)C)nn1C. The third-order valence-corrected chi connectivity index (χ3v) is 2.82. The molecule has 1 aromatic heterocycles. The fourth-order valence-corrected chi connectivity index (χ4v) is 1.85. The van der Waals surface area contributed by atoms with E-state index in [1.807, 2.05) is 11.7 Å². The van der Waals surface area contributed by atoms with Gasteiger partial charge >= 0.3 is 0 Å². The number of aromatic hydroxyl groups is 1. The van der Waals surface area contributed by atoms with Gasteiger partial charge in [0.25, 0.3) is 0 Å². The lowest BCUT2D eigenvalue weighted by Gasteiger charge is -2.09. The maximum Gasteiger partial charge on any atom is 0.160 e. The second-order valence-electron chi connectivity index (χ2n) is 4.71. The van der Waals surface area contributed by atoms with Crippen molar-refractivity contribution in [3.05, 3.63) is 11.4 Å². The van der Waals surface area contributed by atoms with Gasteiger partial charge in [0.05, 0.1) is 5.69 Å². The minimum Gasteiger partial charge on any atom is -0.504 e. The molecular weight excluding hydrogens is 188 g/mol. The van der Waals surface area contributed by atoms with Gasteiger partial charge in [-0.1, -0.05) is 27.7 Å². The van der Waals surface area contributed by atoms with Crippen molar-refractivity contribution in [1.82, 2.24) is 9.78 Å². The second-order valence-corrected chi connectivity index (χ2v) is 4.71. The second kappa shape index (κ2) is 4.69. The van der Waals surface area contributed by atoms with Crippen LogP contribution in [0.4, 0.5) is 0 Å². The summed E-state index contributed by atoms with van der Waals surface area (Å²) >= 11 is 0. The molecule has 0 radical (unpaired) electrons. The summed E-state index contributed by atoms with van der Waals surface area (Å²) in [4.78, 5) is 0. The molecular formula is C12H22N2O. The predicted molar refractivity (Wildman–Crippen MR) is 62.1 cm³/mol. The number of hydrogen-bond acceptors (Lipinski definition) is 2. The average molecular weight is 210 g/mol. The van der Waals surface area contributed by atoms with E-state index in [4.69, 9.17) is 0 Å². The minimum absolute atomic E-state index is 0.364. The first-order valence-electron chi connectivity index (χ1n) is 5.72. The number of aryl methyl sites for hydroxylation is 1. The third-order valence-electron chi connectivity index (χ3n) is 2.82. The van der Waals surface area contributed by atoms with Crippen molar-refractivity contribution in [3.8, 4) is 5.75 Å². The molecule has 1 aromatic rings. The Morgan fingerprint density at radius 2 is 1.93 bits per heavy atom. The minimum atomic E-state index is 0.364. The Morgan fingerprint density at radius 3 is 2.40 bits per heavy atom. The lowest BCUT2D eigenvalue weighted by molar-refractivity contribution is 0.448. The van der Waals surface area contributed by atoms with Crippen LogP contribution in [0.1, 0.15) is 51.4 Å². The number of hydrogen-bond donors (Lipinski definition) is 1. The van der Waals surface area contributed by atoms with Crippen LogP contribution < -0.4 is 0 Å². The summed E-state index contributed by atoms with van der Waals surface area (Å²) in [5, 5.41) is 14.5. The molecule has 1 unspecified atom stereocenters. The molecule has 0 spiro atoms. The van der Waals surface area contributed by atoms with Gasteiger partial charge < -0.3 is 5.11 Å². The molecule has 15 heavy (non-hydrogen) atoms. The Hall–Kier alpha value is -0.990. The molecule has 0 aliphatic rings. The molecule has 0 saturated carbocycles. The molecule has 0 aliphatic heterocycles. The summed E-state index contributed by atoms with van der Waals surface area (Å²) in [6.45, 7) is 8.52. The Morgan fingerprint density at radius 1 is 1.33 bits per heavy atom. The van der Waals surface area contributed by atoms with Crippen molar-refractivity contribution >= 4 is 0 Å². The highest BCUT2D eigenvalue weighted by Gasteiger charge is 2.19. The highest BCUT2D eigenvalue weighted by molar-refractivity contribution is 5.34. The summed E-state index contributed by atoms with van der Waals surface area (Å²) in [5.41, 5.74) is 1.80. The summed E-state index contributed by atoms with van der Waals surface area (Å²) < 4.78 is 1.82. The van der Waals surface area contributed by atoms with E-state index in [0.717, 1.165) is 24.2 Å². The maximum atomic E-state index is 10.1. The zero-order chi connectivity index (χ0) is 11.6. The number of nitrogens with zero attached hydrogens (tertiary/aromatic N) is 2. The van der Waals surface area contributed by atoms with Gasteiger partial charge in [-0.25, -0.2) is 0 Å². The zero-order valence-electron chi connectivity index (χ0n) is 10.4. The predicted octanol–water partition coefficient (Wildman–Crippen LogP) is 2.84. The molecule has 86 valence electrons. The largest absolute Gasteiger partial charge is 0.504 e. The Bertz CT molecular complexity index is 329. The summed E-state index contributed by atoms with van der Waals surface area (Å²) in [7, 11) is 1.91. The molecule has 3 nitrogen and oxygen atoms in total. The molecule has 0 fully saturated rings. The Labute approximate surface area is 92.1 Å². The van der Waals surface area contributed by atoms with E-state index in [1.54, 1.807) is 0 Å². The quantitative estimate of drug-likeness (QED) is 0.829. The molecule has 0 bridgehead atoms. The summed E-state index contributed by atoms with van der Waals surface area (Å²) in [6, 6.07) is 0. The van der Waals surface area contributed by atoms with Crippen molar-refractivity contribution in [3.63, 3.8) is 0 Å². The molecule has 0 saturated heterocycles. The highest BCUT2D eigenvalue weighted by Crippen LogP contribution is 2.31. The first-order valence-corrected chi connectivity index (χ1v) is 5.72. The first kappa shape index (κ1) is 12.1. The van der Waals surface area contributed by atoms with Crippen LogP contribution in [0, 0.1) is 5.92 Å². The molecule has 3 heteroatoms. The smallest absolute Gasteiger partial charge is 0.160 e. The molecule has 1 N–H and O–H groups in total. The van der Waals surface area contributed by atoms with E-state index in [9.17, 15) is 5.11 Å². The number of aromatic nitrogens is 2. The van der Waals surface area contributed by atoms with Crippen LogP contribution in [0.5, 0.6) is 5.75 Å². The van der Waals surface area contributed by atoms with Crippen molar-refractivity contribution in [2.45, 2.75) is 46.5 Å². The van der Waals surface area contributed by atoms with Crippen LogP contribution in [-0.4, -0.2) is 14.9 Å². The molecule has 1 atom stereocenters. The van der Waals surface area contributed by atoms with Gasteiger partial charge in [0.1, 0.15) is 5.69 Å². The van der Waals surface area contributed by atoms with Crippen LogP contribution >= 0.6 is 0 Å². The van der Waals surface area contributed by atoms with Crippen LogP contribution in [0.2, 0.25) is 0 Å². The number of rotatable bonds is 4. The molecule has 0 amide bonds. The Balaban J connectivity index is 3.03. The monoisotopic (exact) mass is 210 g/mol. The topological polar surface area (TPSA) is 38.1 Å². The van der Waals surface area contributed by atoms with Gasteiger partial charge in [-0.15, -0.1) is 0 Å². The third kappa shape index (κ3) is 2.52. The first-order chi connectivity index (χ1) is 6.97. The molecule has 0 aliphatic carbocycles. The van der Waals surface area contributed by atoms with Crippen molar-refractivity contribution < 1.29 is 5.11 Å². The maximum absolute atomic E-state index is 10.1. The molecule has 0 aromatic carbocycles. The van der Waals surface area contributed by atoms with E-state index in [2.05, 4.69) is 32.8 Å². The van der Waals surface area contributed by atoms with Gasteiger partial charge in [0.2, 0.25) is 0 Å². The van der Waals surface area contributed by atoms with Crippen molar-refractivity contribution in [2.75, 3.05) is 0 Å². The van der Waals surface area contributed by atoms with E-state index < -0.39 is 0 Å². The highest BCUT2D eigenvalue weighted by atomic mass is 16.3. The lowest BCUT2D eigenvalue weighted by Crippen LogP contribution is -2.02. The van der Waals surface area contributed by atoms with Crippen LogP contribution in [-0.2, 0) is 13.5 Å². The van der Waals surface area contributed by atoms with Crippen molar-refractivity contribution in [2.24, 2.45) is 13.0 Å². The normalized spacial score (nSPS) is 13.5. The van der Waals surface area contributed by atoms with Crippen LogP contribution in [0.3, 0.4) is 0 Å². The molecule has 1 heterocycles. The van der Waals surface area contributed by atoms with Crippen LogP contribution in [0.25, 0.3) is 0 Å². The van der Waals surface area contributed by atoms with Gasteiger partial charge in [0, 0.05) is 13.0 Å². The fraction of sp³-hybridized carbons (Fsp3) is 0.750. The van der Waals surface area contributed by atoms with Crippen LogP contribution in [0.15, 0.2) is 0 Å². The van der Waals surface area contributed by atoms with E-state index in [1.165, 1.54) is 0 Å². The zero-order valence-corrected chi connectivity index (χ0v) is 10.4. The Kier molecular flexibility index (Phi) is 3.77. The van der Waals surface area contributed by atoms with E-state index in [0.29, 0.717) is 17.6 Å². The van der Waals surface area contributed by atoms with Gasteiger partial charge in [-0.2, -0.15) is 5.10 Å². The van der Waals surface area contributed by atoms with Gasteiger partial charge in [-0.3, -0.25) is 4.68 Å². The average Bonchev–Trinajstić information content (AvgIpc) is 2.40. The summed E-state index contributed by atoms with van der Waals surface area (Å²) in [5.74, 6) is 1.29.